The van der Waals surface area contributed by atoms with Gasteiger partial charge in [0, 0.05) is 17.3 Å². The van der Waals surface area contributed by atoms with Crippen LogP contribution in [0.15, 0.2) is 42.5 Å². The molecule has 1 N–H and O–H groups in total. The third kappa shape index (κ3) is 4.20. The summed E-state index contributed by atoms with van der Waals surface area (Å²) >= 11 is 1.65. The van der Waals surface area contributed by atoms with Crippen molar-refractivity contribution in [3.63, 3.8) is 0 Å². The van der Waals surface area contributed by atoms with Crippen molar-refractivity contribution >= 4 is 35.0 Å². The molecule has 152 valence electrons. The van der Waals surface area contributed by atoms with E-state index in [4.69, 9.17) is 0 Å². The summed E-state index contributed by atoms with van der Waals surface area (Å²) in [5.74, 6) is 0.910. The van der Waals surface area contributed by atoms with E-state index in [9.17, 15) is 9.59 Å². The van der Waals surface area contributed by atoms with Gasteiger partial charge in [0.15, 0.2) is 0 Å². The Bertz CT molecular complexity index is 904. The zero-order chi connectivity index (χ0) is 20.4. The molecule has 2 aliphatic rings. The van der Waals surface area contributed by atoms with Gasteiger partial charge in [0.1, 0.15) is 5.37 Å². The fourth-order valence-corrected chi connectivity index (χ4v) is 5.44. The summed E-state index contributed by atoms with van der Waals surface area (Å²) in [6.45, 7) is 4.15. The van der Waals surface area contributed by atoms with Crippen LogP contribution in [0.2, 0.25) is 0 Å². The lowest BCUT2D eigenvalue weighted by Crippen LogP contribution is -2.28. The lowest BCUT2D eigenvalue weighted by molar-refractivity contribution is -0.120. The second-order valence-corrected chi connectivity index (χ2v) is 9.16. The van der Waals surface area contributed by atoms with Crippen LogP contribution in [0.4, 0.5) is 11.4 Å². The van der Waals surface area contributed by atoms with E-state index in [0.717, 1.165) is 48.2 Å². The molecule has 2 fully saturated rings. The maximum atomic E-state index is 12.7. The van der Waals surface area contributed by atoms with E-state index >= 15 is 0 Å². The Morgan fingerprint density at radius 2 is 1.76 bits per heavy atom. The first-order valence-electron chi connectivity index (χ1n) is 10.5. The number of nitrogens with zero attached hydrogens (tertiary/aromatic N) is 1. The fraction of sp³-hybridized carbons (Fsp3) is 0.417. The second-order valence-electron chi connectivity index (χ2n) is 8.09. The highest BCUT2D eigenvalue weighted by molar-refractivity contribution is 8.00. The van der Waals surface area contributed by atoms with Crippen LogP contribution in [0.1, 0.15) is 54.2 Å². The van der Waals surface area contributed by atoms with Gasteiger partial charge in [-0.05, 0) is 61.6 Å². The van der Waals surface area contributed by atoms with Crippen LogP contribution in [0.25, 0.3) is 0 Å². The van der Waals surface area contributed by atoms with E-state index in [1.807, 2.05) is 41.3 Å². The molecule has 2 aromatic rings. The Balaban J connectivity index is 1.51. The van der Waals surface area contributed by atoms with Gasteiger partial charge in [-0.15, -0.1) is 11.8 Å². The Morgan fingerprint density at radius 3 is 2.48 bits per heavy atom. The Morgan fingerprint density at radius 1 is 1.03 bits per heavy atom. The Kier molecular flexibility index (Phi) is 5.95. The van der Waals surface area contributed by atoms with Crippen molar-refractivity contribution in [1.82, 2.24) is 0 Å². The number of aryl methyl sites for hydroxylation is 1. The van der Waals surface area contributed by atoms with Gasteiger partial charge in [-0.25, -0.2) is 0 Å². The van der Waals surface area contributed by atoms with E-state index in [-0.39, 0.29) is 23.1 Å². The minimum atomic E-state index is -0.0360. The van der Waals surface area contributed by atoms with Crippen molar-refractivity contribution in [3.05, 3.63) is 59.2 Å². The minimum absolute atomic E-state index is 0.0360. The maximum Gasteiger partial charge on any atom is 0.238 e. The molecule has 1 unspecified atom stereocenters. The molecule has 1 heterocycles. The number of thioether (sulfide) groups is 1. The average Bonchev–Trinajstić information content (AvgIpc) is 3.12. The van der Waals surface area contributed by atoms with Crippen molar-refractivity contribution in [1.29, 1.82) is 0 Å². The van der Waals surface area contributed by atoms with Crippen molar-refractivity contribution in [2.75, 3.05) is 16.0 Å². The lowest BCUT2D eigenvalue weighted by Gasteiger charge is -2.27. The quantitative estimate of drug-likeness (QED) is 0.716. The molecule has 4 nitrogen and oxygen atoms in total. The van der Waals surface area contributed by atoms with Gasteiger partial charge in [-0.1, -0.05) is 43.5 Å². The monoisotopic (exact) mass is 408 g/mol. The van der Waals surface area contributed by atoms with Gasteiger partial charge in [0.2, 0.25) is 11.8 Å². The number of carbonyl (C=O) groups is 2. The molecule has 4 rings (SSSR count). The van der Waals surface area contributed by atoms with Gasteiger partial charge >= 0.3 is 0 Å². The van der Waals surface area contributed by atoms with Crippen molar-refractivity contribution in [3.8, 4) is 0 Å². The first kappa shape index (κ1) is 20.0. The largest absolute Gasteiger partial charge is 0.326 e. The number of rotatable bonds is 4. The summed E-state index contributed by atoms with van der Waals surface area (Å²) in [6, 6.07) is 14.1. The van der Waals surface area contributed by atoms with Crippen LogP contribution < -0.4 is 10.2 Å². The fourth-order valence-electron chi connectivity index (χ4n) is 4.27. The molecule has 2 aromatic carbocycles. The van der Waals surface area contributed by atoms with E-state index in [0.29, 0.717) is 5.75 Å². The Labute approximate surface area is 177 Å². The first-order chi connectivity index (χ1) is 14.0. The molecule has 0 bridgehead atoms. The first-order valence-corrected chi connectivity index (χ1v) is 11.5. The number of hydrogen-bond donors (Lipinski definition) is 1. The molecule has 1 saturated heterocycles. The predicted octanol–water partition coefficient (Wildman–Crippen LogP) is 5.60. The molecule has 1 aliphatic heterocycles. The van der Waals surface area contributed by atoms with Crippen LogP contribution in [0, 0.1) is 19.8 Å². The molecule has 5 heteroatoms. The highest BCUT2D eigenvalue weighted by atomic mass is 32.2. The van der Waals surface area contributed by atoms with Crippen molar-refractivity contribution < 1.29 is 9.59 Å². The van der Waals surface area contributed by atoms with Gasteiger partial charge in [-0.3, -0.25) is 14.5 Å². The summed E-state index contributed by atoms with van der Waals surface area (Å²) in [4.78, 5) is 27.1. The smallest absolute Gasteiger partial charge is 0.238 e. The number of nitrogens with one attached hydrogen (secondary N) is 1. The van der Waals surface area contributed by atoms with E-state index in [1.54, 1.807) is 11.8 Å². The molecule has 1 saturated carbocycles. The van der Waals surface area contributed by atoms with Crippen molar-refractivity contribution in [2.24, 2.45) is 5.92 Å². The van der Waals surface area contributed by atoms with E-state index in [1.165, 1.54) is 12.0 Å². The number of amides is 2. The minimum Gasteiger partial charge on any atom is -0.326 e. The summed E-state index contributed by atoms with van der Waals surface area (Å²) < 4.78 is 0. The predicted molar refractivity (Wildman–Crippen MR) is 120 cm³/mol. The van der Waals surface area contributed by atoms with Crippen LogP contribution in [-0.4, -0.2) is 17.6 Å². The third-order valence-electron chi connectivity index (χ3n) is 6.14. The van der Waals surface area contributed by atoms with Crippen LogP contribution >= 0.6 is 11.8 Å². The van der Waals surface area contributed by atoms with Crippen LogP contribution in [0.5, 0.6) is 0 Å². The Hall–Kier alpha value is -2.27. The SMILES string of the molecule is Cc1cccc(N2C(=O)CSC2c2ccc(NC(=O)C3CCCCC3)cc2)c1C. The number of benzene rings is 2. The third-order valence-corrected chi connectivity index (χ3v) is 7.36. The summed E-state index contributed by atoms with van der Waals surface area (Å²) in [7, 11) is 0. The highest BCUT2D eigenvalue weighted by Crippen LogP contribution is 2.43. The zero-order valence-electron chi connectivity index (χ0n) is 17.1. The summed E-state index contributed by atoms with van der Waals surface area (Å²) in [5.41, 5.74) is 5.23. The standard InChI is InChI=1S/C24H28N2O2S/c1-16-7-6-10-21(17(16)2)26-22(27)15-29-24(26)19-11-13-20(14-12-19)25-23(28)18-8-4-3-5-9-18/h6-7,10-14,18,24H,3-5,8-9,15H2,1-2H3,(H,25,28). The summed E-state index contributed by atoms with van der Waals surface area (Å²) in [6.07, 6.45) is 5.54. The van der Waals surface area contributed by atoms with E-state index in [2.05, 4.69) is 25.2 Å². The zero-order valence-corrected chi connectivity index (χ0v) is 17.9. The topological polar surface area (TPSA) is 49.4 Å². The van der Waals surface area contributed by atoms with Gasteiger partial charge in [0.25, 0.3) is 0 Å². The highest BCUT2D eigenvalue weighted by Gasteiger charge is 2.35. The van der Waals surface area contributed by atoms with Gasteiger partial charge in [-0.2, -0.15) is 0 Å². The molecule has 0 aromatic heterocycles. The molecule has 1 atom stereocenters. The lowest BCUT2D eigenvalue weighted by atomic mass is 9.88. The average molecular weight is 409 g/mol. The molecule has 29 heavy (non-hydrogen) atoms. The van der Waals surface area contributed by atoms with Crippen LogP contribution in [-0.2, 0) is 9.59 Å². The number of anilines is 2. The molecule has 0 radical (unpaired) electrons. The summed E-state index contributed by atoms with van der Waals surface area (Å²) in [5, 5.41) is 3.04. The van der Waals surface area contributed by atoms with Gasteiger partial charge < -0.3 is 5.32 Å². The van der Waals surface area contributed by atoms with Crippen molar-refractivity contribution in [2.45, 2.75) is 51.3 Å². The number of carbonyl (C=O) groups excluding carboxylic acids is 2. The molecular formula is C24H28N2O2S. The molecular weight excluding hydrogens is 380 g/mol. The van der Waals surface area contributed by atoms with Gasteiger partial charge in [0.05, 0.1) is 5.75 Å². The van der Waals surface area contributed by atoms with E-state index < -0.39 is 0 Å². The normalized spacial score (nSPS) is 20.1. The molecule has 1 aliphatic carbocycles. The van der Waals surface area contributed by atoms with Crippen LogP contribution in [0.3, 0.4) is 0 Å². The second kappa shape index (κ2) is 8.62. The molecule has 0 spiro atoms. The number of hydrogen-bond acceptors (Lipinski definition) is 3. The molecule has 2 amide bonds. The maximum absolute atomic E-state index is 12.7.